The van der Waals surface area contributed by atoms with Crippen LogP contribution in [0.3, 0.4) is 0 Å². The molecule has 6 nitrogen and oxygen atoms in total. The molecular formula is C10H15F3N4O2. The zero-order valence-corrected chi connectivity index (χ0v) is 10.6. The number of rotatable bonds is 6. The Hall–Kier alpha value is -1.67. The Bertz CT molecular complexity index is 440. The molecule has 1 aromatic rings. The largest absolute Gasteiger partial charge is 0.479 e. The zero-order valence-electron chi connectivity index (χ0n) is 10.6. The zero-order chi connectivity index (χ0) is 14.7. The van der Waals surface area contributed by atoms with Crippen LogP contribution >= 0.6 is 0 Å². The van der Waals surface area contributed by atoms with E-state index in [2.05, 4.69) is 15.5 Å². The summed E-state index contributed by atoms with van der Waals surface area (Å²) in [5, 5.41) is 19.7. The van der Waals surface area contributed by atoms with Gasteiger partial charge >= 0.3 is 12.1 Å². The van der Waals surface area contributed by atoms with Crippen LogP contribution in [0.15, 0.2) is 0 Å². The third kappa shape index (κ3) is 3.21. The van der Waals surface area contributed by atoms with E-state index in [0.29, 0.717) is 0 Å². The number of hydrogen-bond donors (Lipinski definition) is 1. The first kappa shape index (κ1) is 15.4. The number of nitrogens with zero attached hydrogens (tertiary/aromatic N) is 4. The Morgan fingerprint density at radius 2 is 1.89 bits per heavy atom. The average molecular weight is 280 g/mol. The molecule has 19 heavy (non-hydrogen) atoms. The minimum absolute atomic E-state index is 0.0663. The number of tetrazole rings is 1. The lowest BCUT2D eigenvalue weighted by Gasteiger charge is -2.27. The molecule has 108 valence electrons. The predicted octanol–water partition coefficient (Wildman–Crippen LogP) is 1.77. The number of hydrogen-bond acceptors (Lipinski definition) is 4. The molecule has 1 aromatic heterocycles. The van der Waals surface area contributed by atoms with Gasteiger partial charge in [0.15, 0.2) is 11.4 Å². The lowest BCUT2D eigenvalue weighted by atomic mass is 9.93. The van der Waals surface area contributed by atoms with Crippen molar-refractivity contribution in [3.63, 3.8) is 0 Å². The van der Waals surface area contributed by atoms with Crippen molar-refractivity contribution < 1.29 is 23.1 Å². The first-order valence-corrected chi connectivity index (χ1v) is 5.84. The summed E-state index contributed by atoms with van der Waals surface area (Å²) in [5.41, 5.74) is -1.40. The molecule has 1 rings (SSSR count). The van der Waals surface area contributed by atoms with E-state index in [1.165, 1.54) is 0 Å². The molecule has 0 atom stereocenters. The van der Waals surface area contributed by atoms with Crippen LogP contribution in [0, 0.1) is 0 Å². The Balaban J connectivity index is 3.07. The minimum Gasteiger partial charge on any atom is -0.479 e. The summed E-state index contributed by atoms with van der Waals surface area (Å²) in [7, 11) is 0. The number of carbonyl (C=O) groups is 1. The van der Waals surface area contributed by atoms with Crippen LogP contribution in [0.5, 0.6) is 0 Å². The molecule has 0 unspecified atom stereocenters. The highest BCUT2D eigenvalue weighted by atomic mass is 19.4. The first-order valence-electron chi connectivity index (χ1n) is 5.84. The first-order chi connectivity index (χ1) is 8.77. The molecule has 0 saturated heterocycles. The van der Waals surface area contributed by atoms with Crippen molar-refractivity contribution in [1.82, 2.24) is 20.2 Å². The van der Waals surface area contributed by atoms with Crippen molar-refractivity contribution in [2.45, 2.75) is 51.2 Å². The Morgan fingerprint density at radius 3 is 2.32 bits per heavy atom. The summed E-state index contributed by atoms with van der Waals surface area (Å²) in [6.07, 6.45) is -5.49. The van der Waals surface area contributed by atoms with Gasteiger partial charge in [-0.25, -0.2) is 9.48 Å². The molecule has 0 radical (unpaired) electrons. The summed E-state index contributed by atoms with van der Waals surface area (Å²) in [4.78, 5) is 11.4. The van der Waals surface area contributed by atoms with Gasteiger partial charge in [-0.3, -0.25) is 0 Å². The second-order valence-electron chi connectivity index (χ2n) is 4.17. The van der Waals surface area contributed by atoms with Crippen LogP contribution in [0.25, 0.3) is 0 Å². The van der Waals surface area contributed by atoms with Gasteiger partial charge in [-0.1, -0.05) is 13.8 Å². The standard InChI is InChI=1S/C10H15F3N4O2/c1-3-9(4-2,8(18)19)17-7(14-15-16-17)5-6-10(11,12)13/h3-6H2,1-2H3,(H,18,19). The Labute approximate surface area is 107 Å². The van der Waals surface area contributed by atoms with Gasteiger partial charge < -0.3 is 5.11 Å². The molecule has 1 heterocycles. The normalized spacial score (nSPS) is 12.7. The summed E-state index contributed by atoms with van der Waals surface area (Å²) in [5.74, 6) is -1.22. The minimum atomic E-state index is -4.33. The second kappa shape index (κ2) is 5.54. The average Bonchev–Trinajstić information content (AvgIpc) is 2.76. The summed E-state index contributed by atoms with van der Waals surface area (Å²) < 4.78 is 37.6. The van der Waals surface area contributed by atoms with Crippen molar-refractivity contribution in [3.05, 3.63) is 5.82 Å². The molecule has 0 aliphatic heterocycles. The predicted molar refractivity (Wildman–Crippen MR) is 58.4 cm³/mol. The van der Waals surface area contributed by atoms with Crippen LogP contribution in [0.1, 0.15) is 38.9 Å². The van der Waals surface area contributed by atoms with Crippen molar-refractivity contribution in [2.75, 3.05) is 0 Å². The fourth-order valence-electron chi connectivity index (χ4n) is 1.89. The molecule has 0 aromatic carbocycles. The van der Waals surface area contributed by atoms with Gasteiger partial charge in [-0.05, 0) is 23.3 Å². The smallest absolute Gasteiger partial charge is 0.389 e. The summed E-state index contributed by atoms with van der Waals surface area (Å²) >= 11 is 0. The molecule has 0 fully saturated rings. The monoisotopic (exact) mass is 280 g/mol. The van der Waals surface area contributed by atoms with E-state index in [-0.39, 0.29) is 18.7 Å². The summed E-state index contributed by atoms with van der Waals surface area (Å²) in [6.45, 7) is 3.26. The van der Waals surface area contributed by atoms with E-state index in [4.69, 9.17) is 0 Å². The number of aliphatic carboxylic acids is 1. The van der Waals surface area contributed by atoms with E-state index < -0.39 is 30.5 Å². The second-order valence-corrected chi connectivity index (χ2v) is 4.17. The summed E-state index contributed by atoms with van der Waals surface area (Å²) in [6, 6.07) is 0. The lowest BCUT2D eigenvalue weighted by molar-refractivity contribution is -0.149. The van der Waals surface area contributed by atoms with E-state index in [1.807, 2.05) is 0 Å². The van der Waals surface area contributed by atoms with Gasteiger partial charge in [0, 0.05) is 6.42 Å². The van der Waals surface area contributed by atoms with E-state index in [9.17, 15) is 23.1 Å². The van der Waals surface area contributed by atoms with Crippen molar-refractivity contribution >= 4 is 5.97 Å². The molecule has 9 heteroatoms. The fourth-order valence-corrected chi connectivity index (χ4v) is 1.89. The Kier molecular flexibility index (Phi) is 4.48. The lowest BCUT2D eigenvalue weighted by Crippen LogP contribution is -2.43. The van der Waals surface area contributed by atoms with Crippen LogP contribution < -0.4 is 0 Å². The highest BCUT2D eigenvalue weighted by Crippen LogP contribution is 2.27. The number of aryl methyl sites for hydroxylation is 1. The topological polar surface area (TPSA) is 80.9 Å². The molecule has 0 aliphatic rings. The number of halogens is 3. The number of aromatic nitrogens is 4. The van der Waals surface area contributed by atoms with Gasteiger partial charge in [-0.2, -0.15) is 13.2 Å². The molecule has 0 aliphatic carbocycles. The number of carboxylic acids is 1. The highest BCUT2D eigenvalue weighted by Gasteiger charge is 2.40. The molecule has 0 spiro atoms. The van der Waals surface area contributed by atoms with Gasteiger partial charge in [0.05, 0.1) is 6.42 Å². The van der Waals surface area contributed by atoms with E-state index >= 15 is 0 Å². The molecular weight excluding hydrogens is 265 g/mol. The maximum Gasteiger partial charge on any atom is 0.389 e. The van der Waals surface area contributed by atoms with Crippen molar-refractivity contribution in [3.8, 4) is 0 Å². The van der Waals surface area contributed by atoms with Crippen LogP contribution in [-0.2, 0) is 16.8 Å². The maximum atomic E-state index is 12.2. The molecule has 1 N–H and O–H groups in total. The Morgan fingerprint density at radius 1 is 1.32 bits per heavy atom. The van der Waals surface area contributed by atoms with Crippen molar-refractivity contribution in [2.24, 2.45) is 0 Å². The van der Waals surface area contributed by atoms with Crippen LogP contribution in [-0.4, -0.2) is 37.5 Å². The van der Waals surface area contributed by atoms with Gasteiger partial charge in [0.1, 0.15) is 0 Å². The van der Waals surface area contributed by atoms with Gasteiger partial charge in [-0.15, -0.1) is 5.10 Å². The van der Waals surface area contributed by atoms with E-state index in [0.717, 1.165) is 4.68 Å². The van der Waals surface area contributed by atoms with Gasteiger partial charge in [0.25, 0.3) is 0 Å². The molecule has 0 amide bonds. The third-order valence-corrected chi connectivity index (χ3v) is 3.14. The SMILES string of the molecule is CCC(CC)(C(=O)O)n1nnnc1CCC(F)(F)F. The fraction of sp³-hybridized carbons (Fsp3) is 0.800. The number of carboxylic acid groups (broad SMARTS) is 1. The third-order valence-electron chi connectivity index (χ3n) is 3.14. The number of alkyl halides is 3. The van der Waals surface area contributed by atoms with Crippen LogP contribution in [0.2, 0.25) is 0 Å². The van der Waals surface area contributed by atoms with Crippen LogP contribution in [0.4, 0.5) is 13.2 Å². The van der Waals surface area contributed by atoms with Gasteiger partial charge in [0.2, 0.25) is 0 Å². The molecule has 0 bridgehead atoms. The quantitative estimate of drug-likeness (QED) is 0.858. The highest BCUT2D eigenvalue weighted by molar-refractivity contribution is 5.76. The van der Waals surface area contributed by atoms with E-state index in [1.54, 1.807) is 13.8 Å². The maximum absolute atomic E-state index is 12.2. The van der Waals surface area contributed by atoms with Crippen molar-refractivity contribution in [1.29, 1.82) is 0 Å². The molecule has 0 saturated carbocycles.